The van der Waals surface area contributed by atoms with Crippen LogP contribution in [0, 0.1) is 6.92 Å². The summed E-state index contributed by atoms with van der Waals surface area (Å²) in [5.74, 6) is -0.110. The highest BCUT2D eigenvalue weighted by Crippen LogP contribution is 2.35. The number of hydrogen-bond donors (Lipinski definition) is 1. The van der Waals surface area contributed by atoms with E-state index < -0.39 is 0 Å². The molecule has 1 aliphatic carbocycles. The summed E-state index contributed by atoms with van der Waals surface area (Å²) in [4.78, 5) is 31.6. The second kappa shape index (κ2) is 7.64. The molecule has 3 aromatic rings. The van der Waals surface area contributed by atoms with Crippen molar-refractivity contribution in [1.82, 2.24) is 14.9 Å². The molecule has 140 valence electrons. The summed E-state index contributed by atoms with van der Waals surface area (Å²) in [5, 5.41) is 3.68. The van der Waals surface area contributed by atoms with Crippen molar-refractivity contribution in [2.75, 3.05) is 0 Å². The van der Waals surface area contributed by atoms with E-state index in [-0.39, 0.29) is 24.1 Å². The van der Waals surface area contributed by atoms with Gasteiger partial charge < -0.3 is 5.32 Å². The number of benzene rings is 1. The van der Waals surface area contributed by atoms with Crippen molar-refractivity contribution in [2.45, 2.75) is 51.6 Å². The lowest BCUT2D eigenvalue weighted by Gasteiger charge is -2.22. The van der Waals surface area contributed by atoms with Crippen molar-refractivity contribution in [3.05, 3.63) is 52.6 Å². The fraction of sp³-hybridized carbons (Fsp3) is 0.381. The van der Waals surface area contributed by atoms with Gasteiger partial charge in [0.05, 0.1) is 11.7 Å². The van der Waals surface area contributed by atoms with E-state index in [9.17, 15) is 9.59 Å². The number of fused-ring (bicyclic) bond motifs is 1. The van der Waals surface area contributed by atoms with E-state index in [0.29, 0.717) is 5.39 Å². The molecule has 5 nitrogen and oxygen atoms in total. The van der Waals surface area contributed by atoms with E-state index in [1.54, 1.807) is 0 Å². The summed E-state index contributed by atoms with van der Waals surface area (Å²) in [7, 11) is 0. The highest BCUT2D eigenvalue weighted by molar-refractivity contribution is 7.22. The van der Waals surface area contributed by atoms with Gasteiger partial charge in [0.2, 0.25) is 5.91 Å². The first-order valence-corrected chi connectivity index (χ1v) is 10.3. The number of rotatable bonds is 4. The summed E-state index contributed by atoms with van der Waals surface area (Å²) in [6, 6.07) is 10.3. The number of aryl methyl sites for hydroxylation is 1. The van der Waals surface area contributed by atoms with Gasteiger partial charge in [0.15, 0.2) is 0 Å². The molecule has 0 bridgehead atoms. The number of nitrogens with one attached hydrogen (secondary N) is 1. The molecule has 0 spiro atoms. The normalized spacial score (nSPS) is 15.1. The topological polar surface area (TPSA) is 64.0 Å². The smallest absolute Gasteiger partial charge is 0.262 e. The van der Waals surface area contributed by atoms with E-state index in [0.717, 1.165) is 46.5 Å². The molecule has 0 atom stereocenters. The van der Waals surface area contributed by atoms with Crippen LogP contribution in [0.1, 0.15) is 37.7 Å². The second-order valence-corrected chi connectivity index (χ2v) is 8.18. The van der Waals surface area contributed by atoms with Gasteiger partial charge in [0.1, 0.15) is 11.4 Å². The summed E-state index contributed by atoms with van der Waals surface area (Å²) in [6.07, 6.45) is 7.12. The van der Waals surface area contributed by atoms with Gasteiger partial charge in [-0.1, -0.05) is 49.6 Å². The van der Waals surface area contributed by atoms with Gasteiger partial charge >= 0.3 is 0 Å². The Balaban J connectivity index is 1.61. The molecule has 6 heteroatoms. The average Bonchev–Trinajstić information content (AvgIpc) is 3.03. The number of hydrogen-bond acceptors (Lipinski definition) is 4. The van der Waals surface area contributed by atoms with Crippen molar-refractivity contribution < 1.29 is 4.79 Å². The number of nitrogens with zero attached hydrogens (tertiary/aromatic N) is 2. The van der Waals surface area contributed by atoms with Crippen LogP contribution in [0.2, 0.25) is 0 Å². The Morgan fingerprint density at radius 2 is 1.96 bits per heavy atom. The predicted molar refractivity (Wildman–Crippen MR) is 109 cm³/mol. The molecule has 1 aromatic carbocycles. The molecule has 1 amide bonds. The molecular weight excluding hydrogens is 358 g/mol. The molecule has 2 heterocycles. The van der Waals surface area contributed by atoms with E-state index in [1.807, 2.05) is 37.3 Å². The number of amides is 1. The van der Waals surface area contributed by atoms with Crippen molar-refractivity contribution >= 4 is 27.5 Å². The van der Waals surface area contributed by atoms with Crippen LogP contribution in [-0.2, 0) is 11.3 Å². The zero-order chi connectivity index (χ0) is 18.8. The lowest BCUT2D eigenvalue weighted by Crippen LogP contribution is -2.39. The summed E-state index contributed by atoms with van der Waals surface area (Å²) < 4.78 is 1.43. The van der Waals surface area contributed by atoms with Gasteiger partial charge in [0.25, 0.3) is 5.56 Å². The first kappa shape index (κ1) is 17.9. The Hall–Kier alpha value is -2.47. The molecule has 0 aliphatic heterocycles. The molecule has 0 saturated heterocycles. The van der Waals surface area contributed by atoms with Crippen LogP contribution < -0.4 is 10.9 Å². The van der Waals surface area contributed by atoms with Crippen molar-refractivity contribution in [1.29, 1.82) is 0 Å². The standard InChI is InChI=1S/C21H23N3O2S/c1-14-18-20(27-19(14)15-8-4-2-5-9-15)22-13-24(21(18)26)12-17(25)23-16-10-6-3-7-11-16/h2,4-5,8-9,13,16H,3,6-7,10-12H2,1H3,(H,23,25). The van der Waals surface area contributed by atoms with Crippen LogP contribution in [0.25, 0.3) is 20.7 Å². The van der Waals surface area contributed by atoms with E-state index in [4.69, 9.17) is 0 Å². The Bertz CT molecular complexity index is 1020. The third-order valence-corrected chi connectivity index (χ3v) is 6.49. The van der Waals surface area contributed by atoms with Crippen LogP contribution in [0.15, 0.2) is 41.5 Å². The van der Waals surface area contributed by atoms with E-state index in [2.05, 4.69) is 10.3 Å². The summed E-state index contributed by atoms with van der Waals surface area (Å²) in [5.41, 5.74) is 1.87. The fourth-order valence-corrected chi connectivity index (χ4v) is 4.96. The van der Waals surface area contributed by atoms with Crippen LogP contribution in [0.5, 0.6) is 0 Å². The Morgan fingerprint density at radius 1 is 1.22 bits per heavy atom. The number of carbonyl (C=O) groups excluding carboxylic acids is 1. The first-order valence-electron chi connectivity index (χ1n) is 9.47. The van der Waals surface area contributed by atoms with E-state index >= 15 is 0 Å². The maximum Gasteiger partial charge on any atom is 0.262 e. The Labute approximate surface area is 162 Å². The maximum atomic E-state index is 13.0. The monoisotopic (exact) mass is 381 g/mol. The summed E-state index contributed by atoms with van der Waals surface area (Å²) in [6.45, 7) is 1.98. The third-order valence-electron chi connectivity index (χ3n) is 5.24. The largest absolute Gasteiger partial charge is 0.352 e. The molecule has 1 fully saturated rings. The maximum absolute atomic E-state index is 13.0. The lowest BCUT2D eigenvalue weighted by atomic mass is 9.95. The number of carbonyl (C=O) groups is 1. The highest BCUT2D eigenvalue weighted by atomic mass is 32.1. The molecular formula is C21H23N3O2S. The van der Waals surface area contributed by atoms with Gasteiger partial charge in [-0.05, 0) is 30.9 Å². The van der Waals surface area contributed by atoms with Crippen molar-refractivity contribution in [2.24, 2.45) is 0 Å². The lowest BCUT2D eigenvalue weighted by molar-refractivity contribution is -0.122. The molecule has 1 saturated carbocycles. The Morgan fingerprint density at radius 3 is 2.70 bits per heavy atom. The van der Waals surface area contributed by atoms with Crippen LogP contribution in [0.3, 0.4) is 0 Å². The van der Waals surface area contributed by atoms with Crippen molar-refractivity contribution in [3.63, 3.8) is 0 Å². The Kier molecular flexibility index (Phi) is 5.07. The molecule has 1 N–H and O–H groups in total. The van der Waals surface area contributed by atoms with Gasteiger partial charge in [-0.25, -0.2) is 4.98 Å². The molecule has 4 rings (SSSR count). The van der Waals surface area contributed by atoms with Gasteiger partial charge in [-0.2, -0.15) is 0 Å². The number of thiophene rings is 1. The van der Waals surface area contributed by atoms with Gasteiger partial charge in [-0.15, -0.1) is 11.3 Å². The zero-order valence-corrected chi connectivity index (χ0v) is 16.2. The minimum absolute atomic E-state index is 0.0221. The zero-order valence-electron chi connectivity index (χ0n) is 15.4. The molecule has 2 aromatic heterocycles. The highest BCUT2D eigenvalue weighted by Gasteiger charge is 2.19. The van der Waals surface area contributed by atoms with Crippen LogP contribution >= 0.6 is 11.3 Å². The fourth-order valence-electron chi connectivity index (χ4n) is 3.81. The minimum atomic E-state index is -0.144. The predicted octanol–water partition coefficient (Wildman–Crippen LogP) is 3.88. The second-order valence-electron chi connectivity index (χ2n) is 7.18. The molecule has 0 radical (unpaired) electrons. The minimum Gasteiger partial charge on any atom is -0.352 e. The van der Waals surface area contributed by atoms with Gasteiger partial charge in [-0.3, -0.25) is 14.2 Å². The first-order chi connectivity index (χ1) is 13.1. The SMILES string of the molecule is Cc1c(-c2ccccc2)sc2ncn(CC(=O)NC3CCCCC3)c(=O)c12. The molecule has 1 aliphatic rings. The van der Waals surface area contributed by atoms with Crippen molar-refractivity contribution in [3.8, 4) is 10.4 Å². The molecule has 0 unspecified atom stereocenters. The van der Waals surface area contributed by atoms with E-state index in [1.165, 1.54) is 28.7 Å². The van der Waals surface area contributed by atoms with Gasteiger partial charge in [0, 0.05) is 10.9 Å². The quantitative estimate of drug-likeness (QED) is 0.746. The number of aromatic nitrogens is 2. The van der Waals surface area contributed by atoms with Crippen LogP contribution in [0.4, 0.5) is 0 Å². The molecule has 27 heavy (non-hydrogen) atoms. The van der Waals surface area contributed by atoms with Crippen LogP contribution in [-0.4, -0.2) is 21.5 Å². The average molecular weight is 382 g/mol. The summed E-state index contributed by atoms with van der Waals surface area (Å²) >= 11 is 1.52. The third kappa shape index (κ3) is 3.67.